The van der Waals surface area contributed by atoms with Crippen LogP contribution in [0.15, 0.2) is 61.2 Å². The Bertz CT molecular complexity index is 875. The second kappa shape index (κ2) is 8.67. The molecule has 3 heterocycles. The SMILES string of the molecule is CN1CCN(c2ccc(Nc3cc(NCc4ccncc4)ncn3)cc2)CC1. The van der Waals surface area contributed by atoms with Gasteiger partial charge < -0.3 is 20.4 Å². The highest BCUT2D eigenvalue weighted by molar-refractivity contribution is 5.62. The standard InChI is InChI=1S/C21H25N7/c1-27-10-12-28(13-11-27)19-4-2-18(3-5-19)26-21-14-20(24-16-25-21)23-15-17-6-8-22-9-7-17/h2-9,14,16H,10-13,15H2,1H3,(H2,23,24,25,26). The lowest BCUT2D eigenvalue weighted by atomic mass is 10.2. The van der Waals surface area contributed by atoms with Crippen LogP contribution in [0.4, 0.5) is 23.0 Å². The first-order chi connectivity index (χ1) is 13.8. The molecule has 7 nitrogen and oxygen atoms in total. The summed E-state index contributed by atoms with van der Waals surface area (Å²) in [7, 11) is 2.17. The van der Waals surface area contributed by atoms with Crippen molar-refractivity contribution in [1.82, 2.24) is 19.9 Å². The average molecular weight is 375 g/mol. The van der Waals surface area contributed by atoms with Crippen LogP contribution in [0.25, 0.3) is 0 Å². The summed E-state index contributed by atoms with van der Waals surface area (Å²) in [6.07, 6.45) is 5.14. The molecule has 28 heavy (non-hydrogen) atoms. The molecule has 2 N–H and O–H groups in total. The van der Waals surface area contributed by atoms with E-state index in [0.29, 0.717) is 6.54 Å². The van der Waals surface area contributed by atoms with Crippen molar-refractivity contribution >= 4 is 23.0 Å². The van der Waals surface area contributed by atoms with Crippen LogP contribution in [-0.2, 0) is 6.54 Å². The molecule has 0 aliphatic carbocycles. The molecule has 0 atom stereocenters. The van der Waals surface area contributed by atoms with Crippen molar-refractivity contribution in [3.63, 3.8) is 0 Å². The largest absolute Gasteiger partial charge is 0.369 e. The van der Waals surface area contributed by atoms with Gasteiger partial charge >= 0.3 is 0 Å². The fourth-order valence-corrected chi connectivity index (χ4v) is 3.18. The second-order valence-corrected chi connectivity index (χ2v) is 6.96. The molecule has 0 bridgehead atoms. The molecule has 2 aromatic heterocycles. The van der Waals surface area contributed by atoms with Crippen LogP contribution in [0.5, 0.6) is 0 Å². The minimum absolute atomic E-state index is 0.693. The third-order valence-electron chi connectivity index (χ3n) is 4.90. The Morgan fingerprint density at radius 1 is 0.893 bits per heavy atom. The lowest BCUT2D eigenvalue weighted by molar-refractivity contribution is 0.313. The zero-order valence-corrected chi connectivity index (χ0v) is 16.0. The van der Waals surface area contributed by atoms with Crippen LogP contribution in [-0.4, -0.2) is 53.1 Å². The van der Waals surface area contributed by atoms with Crippen LogP contribution in [0.3, 0.4) is 0 Å². The van der Waals surface area contributed by atoms with E-state index in [1.54, 1.807) is 18.7 Å². The Morgan fingerprint density at radius 3 is 2.36 bits per heavy atom. The van der Waals surface area contributed by atoms with Gasteiger partial charge in [-0.2, -0.15) is 0 Å². The number of pyridine rings is 1. The normalized spacial score (nSPS) is 14.7. The van der Waals surface area contributed by atoms with Crippen LogP contribution >= 0.6 is 0 Å². The van der Waals surface area contributed by atoms with Gasteiger partial charge in [0.15, 0.2) is 0 Å². The summed E-state index contributed by atoms with van der Waals surface area (Å²) in [5.41, 5.74) is 3.43. The number of nitrogens with one attached hydrogen (secondary N) is 2. The number of anilines is 4. The Morgan fingerprint density at radius 2 is 1.61 bits per heavy atom. The molecule has 0 spiro atoms. The number of aromatic nitrogens is 3. The molecule has 0 unspecified atom stereocenters. The number of hydrogen-bond donors (Lipinski definition) is 2. The molecule has 0 saturated carbocycles. The predicted octanol–water partition coefficient (Wildman–Crippen LogP) is 2.98. The van der Waals surface area contributed by atoms with Gasteiger partial charge in [-0.1, -0.05) is 0 Å². The van der Waals surface area contributed by atoms with Gasteiger partial charge in [0.25, 0.3) is 0 Å². The van der Waals surface area contributed by atoms with Crippen molar-refractivity contribution in [3.8, 4) is 0 Å². The molecule has 3 aromatic rings. The molecule has 1 aliphatic heterocycles. The van der Waals surface area contributed by atoms with Crippen molar-refractivity contribution < 1.29 is 0 Å². The van der Waals surface area contributed by atoms with Gasteiger partial charge in [0, 0.05) is 62.6 Å². The van der Waals surface area contributed by atoms with Crippen molar-refractivity contribution in [2.24, 2.45) is 0 Å². The van der Waals surface area contributed by atoms with Gasteiger partial charge in [0.1, 0.15) is 18.0 Å². The Balaban J connectivity index is 1.36. The molecule has 7 heteroatoms. The van der Waals surface area contributed by atoms with Crippen molar-refractivity contribution in [2.45, 2.75) is 6.54 Å². The van der Waals surface area contributed by atoms with Crippen LogP contribution in [0, 0.1) is 0 Å². The third kappa shape index (κ3) is 4.75. The van der Waals surface area contributed by atoms with E-state index in [9.17, 15) is 0 Å². The molecule has 1 aromatic carbocycles. The number of nitrogens with zero attached hydrogens (tertiary/aromatic N) is 5. The first kappa shape index (κ1) is 18.2. The Kier molecular flexibility index (Phi) is 5.63. The molecule has 0 amide bonds. The maximum atomic E-state index is 4.32. The fourth-order valence-electron chi connectivity index (χ4n) is 3.18. The lowest BCUT2D eigenvalue weighted by Crippen LogP contribution is -2.44. The zero-order chi connectivity index (χ0) is 19.2. The van der Waals surface area contributed by atoms with Crippen LogP contribution in [0.2, 0.25) is 0 Å². The molecule has 1 aliphatic rings. The maximum Gasteiger partial charge on any atom is 0.135 e. The summed E-state index contributed by atoms with van der Waals surface area (Å²) in [4.78, 5) is 17.4. The predicted molar refractivity (Wildman–Crippen MR) is 113 cm³/mol. The monoisotopic (exact) mass is 375 g/mol. The summed E-state index contributed by atoms with van der Waals surface area (Å²) in [5, 5.41) is 6.67. The third-order valence-corrected chi connectivity index (χ3v) is 4.90. The van der Waals surface area contributed by atoms with E-state index in [1.807, 2.05) is 18.2 Å². The van der Waals surface area contributed by atoms with Gasteiger partial charge in [-0.05, 0) is 49.0 Å². The highest BCUT2D eigenvalue weighted by atomic mass is 15.2. The van der Waals surface area contributed by atoms with Gasteiger partial charge in [-0.3, -0.25) is 4.98 Å². The van der Waals surface area contributed by atoms with E-state index in [1.165, 1.54) is 5.69 Å². The zero-order valence-electron chi connectivity index (χ0n) is 16.0. The Labute approximate surface area is 165 Å². The van der Waals surface area contributed by atoms with E-state index >= 15 is 0 Å². The highest BCUT2D eigenvalue weighted by Crippen LogP contribution is 2.22. The van der Waals surface area contributed by atoms with Crippen molar-refractivity contribution in [3.05, 3.63) is 66.7 Å². The summed E-state index contributed by atoms with van der Waals surface area (Å²) >= 11 is 0. The quantitative estimate of drug-likeness (QED) is 0.686. The number of hydrogen-bond acceptors (Lipinski definition) is 7. The molecule has 1 saturated heterocycles. The summed E-state index contributed by atoms with van der Waals surface area (Å²) in [5.74, 6) is 1.54. The first-order valence-electron chi connectivity index (χ1n) is 9.52. The Hall–Kier alpha value is -3.19. The van der Waals surface area contributed by atoms with Crippen LogP contribution < -0.4 is 15.5 Å². The van der Waals surface area contributed by atoms with E-state index in [-0.39, 0.29) is 0 Å². The number of benzene rings is 1. The molecule has 144 valence electrons. The smallest absolute Gasteiger partial charge is 0.135 e. The summed E-state index contributed by atoms with van der Waals surface area (Å²) in [6, 6.07) is 14.4. The number of rotatable bonds is 6. The minimum Gasteiger partial charge on any atom is -0.369 e. The van der Waals surface area contributed by atoms with Gasteiger partial charge in [0.05, 0.1) is 0 Å². The lowest BCUT2D eigenvalue weighted by Gasteiger charge is -2.34. The minimum atomic E-state index is 0.693. The summed E-state index contributed by atoms with van der Waals surface area (Å²) in [6.45, 7) is 5.05. The number of piperazine rings is 1. The van der Waals surface area contributed by atoms with E-state index < -0.39 is 0 Å². The van der Waals surface area contributed by atoms with Crippen LogP contribution in [0.1, 0.15) is 5.56 Å². The topological polar surface area (TPSA) is 69.2 Å². The van der Waals surface area contributed by atoms with Crippen molar-refractivity contribution in [2.75, 3.05) is 48.8 Å². The van der Waals surface area contributed by atoms with E-state index in [0.717, 1.165) is 49.1 Å². The second-order valence-electron chi connectivity index (χ2n) is 6.96. The molecular weight excluding hydrogens is 350 g/mol. The molecule has 1 fully saturated rings. The maximum absolute atomic E-state index is 4.32. The van der Waals surface area contributed by atoms with E-state index in [2.05, 4.69) is 66.7 Å². The van der Waals surface area contributed by atoms with E-state index in [4.69, 9.17) is 0 Å². The first-order valence-corrected chi connectivity index (χ1v) is 9.52. The summed E-state index contributed by atoms with van der Waals surface area (Å²) < 4.78 is 0. The highest BCUT2D eigenvalue weighted by Gasteiger charge is 2.13. The van der Waals surface area contributed by atoms with Crippen molar-refractivity contribution in [1.29, 1.82) is 0 Å². The molecule has 4 rings (SSSR count). The number of likely N-dealkylation sites (N-methyl/N-ethyl adjacent to an activating group) is 1. The molecular formula is C21H25N7. The van der Waals surface area contributed by atoms with Gasteiger partial charge in [0.2, 0.25) is 0 Å². The average Bonchev–Trinajstić information content (AvgIpc) is 2.75. The molecule has 0 radical (unpaired) electrons. The van der Waals surface area contributed by atoms with Gasteiger partial charge in [-0.25, -0.2) is 9.97 Å². The van der Waals surface area contributed by atoms with Gasteiger partial charge in [-0.15, -0.1) is 0 Å². The fraction of sp³-hybridized carbons (Fsp3) is 0.286.